The van der Waals surface area contributed by atoms with Gasteiger partial charge in [-0.3, -0.25) is 19.8 Å². The molecule has 0 bridgehead atoms. The van der Waals surface area contributed by atoms with Crippen LogP contribution in [0.2, 0.25) is 0 Å². The molecular weight excluding hydrogens is 689 g/mol. The third kappa shape index (κ3) is 16.7. The highest BCUT2D eigenvalue weighted by Gasteiger charge is 2.31. The number of benzene rings is 1. The van der Waals surface area contributed by atoms with Crippen molar-refractivity contribution in [2.24, 2.45) is 11.7 Å². The summed E-state index contributed by atoms with van der Waals surface area (Å²) in [4.78, 5) is 58.1. The number of nitrogens with two attached hydrogens (primary N) is 1. The lowest BCUT2D eigenvalue weighted by molar-refractivity contribution is -0.135. The summed E-state index contributed by atoms with van der Waals surface area (Å²) in [5.41, 5.74) is 10.9. The molecule has 0 saturated carbocycles. The molecule has 292 valence electrons. The first kappa shape index (κ1) is 44.4. The number of nitrogens with zero attached hydrogens (tertiary/aromatic N) is 2. The van der Waals surface area contributed by atoms with Crippen molar-refractivity contribution in [3.8, 4) is 5.75 Å². The van der Waals surface area contributed by atoms with Gasteiger partial charge in [0.25, 0.3) is 5.91 Å². The molecule has 0 aliphatic heterocycles. The van der Waals surface area contributed by atoms with Crippen LogP contribution in [0.4, 0.5) is 4.79 Å². The van der Waals surface area contributed by atoms with Crippen LogP contribution in [0, 0.1) is 5.92 Å². The van der Waals surface area contributed by atoms with Gasteiger partial charge < -0.3 is 35.3 Å². The van der Waals surface area contributed by atoms with Gasteiger partial charge in [0.15, 0.2) is 0 Å². The summed E-state index contributed by atoms with van der Waals surface area (Å²) >= 11 is 1.35. The van der Waals surface area contributed by atoms with Crippen LogP contribution in [-0.4, -0.2) is 90.4 Å². The van der Waals surface area contributed by atoms with Crippen molar-refractivity contribution in [3.05, 3.63) is 45.9 Å². The van der Waals surface area contributed by atoms with E-state index in [1.54, 1.807) is 29.6 Å². The first-order chi connectivity index (χ1) is 25.0. The second-order valence-corrected chi connectivity index (χ2v) is 13.8. The lowest BCUT2D eigenvalue weighted by atomic mass is 9.95. The van der Waals surface area contributed by atoms with Gasteiger partial charge in [-0.05, 0) is 55.7 Å². The van der Waals surface area contributed by atoms with Crippen LogP contribution >= 0.6 is 11.3 Å². The Morgan fingerprint density at radius 3 is 2.37 bits per heavy atom. The second kappa shape index (κ2) is 25.2. The summed E-state index contributed by atoms with van der Waals surface area (Å²) in [7, 11) is 0. The summed E-state index contributed by atoms with van der Waals surface area (Å²) in [5.74, 6) is -0.415. The molecule has 1 aromatic carbocycles. The van der Waals surface area contributed by atoms with Gasteiger partial charge in [-0.1, -0.05) is 53.2 Å². The smallest absolute Gasteiger partial charge is 0.426 e. The Balaban J connectivity index is 2.15. The molecule has 3 atom stereocenters. The largest absolute Gasteiger partial charge is 0.508 e. The molecule has 1 aromatic heterocycles. The minimum Gasteiger partial charge on any atom is -0.508 e. The Morgan fingerprint density at radius 1 is 0.962 bits per heavy atom. The van der Waals surface area contributed by atoms with Crippen molar-refractivity contribution in [2.75, 3.05) is 39.5 Å². The van der Waals surface area contributed by atoms with Gasteiger partial charge in [0.05, 0.1) is 13.2 Å². The Morgan fingerprint density at radius 2 is 1.71 bits per heavy atom. The number of aromatic hydroxyl groups is 1. The Bertz CT molecular complexity index is 1340. The van der Waals surface area contributed by atoms with E-state index in [2.05, 4.69) is 43.9 Å². The molecule has 52 heavy (non-hydrogen) atoms. The molecule has 0 fully saturated rings. The lowest BCUT2D eigenvalue weighted by Gasteiger charge is -2.36. The molecule has 3 unspecified atom stereocenters. The van der Waals surface area contributed by atoms with Crippen molar-refractivity contribution in [1.29, 1.82) is 0 Å². The van der Waals surface area contributed by atoms with Crippen LogP contribution in [0.15, 0.2) is 29.6 Å². The number of phenolic OH excluding ortho intramolecular Hbond substituents is 1. The molecular formula is C37H60N6O8S. The maximum absolute atomic E-state index is 13.6. The van der Waals surface area contributed by atoms with Crippen LogP contribution in [0.25, 0.3) is 0 Å². The van der Waals surface area contributed by atoms with Gasteiger partial charge in [-0.2, -0.15) is 0 Å². The second-order valence-electron chi connectivity index (χ2n) is 13.0. The van der Waals surface area contributed by atoms with Crippen molar-refractivity contribution < 1.29 is 38.5 Å². The maximum Gasteiger partial charge on any atom is 0.426 e. The highest BCUT2D eigenvalue weighted by atomic mass is 32.1. The van der Waals surface area contributed by atoms with Crippen molar-refractivity contribution in [2.45, 2.75) is 111 Å². The predicted octanol–water partition coefficient (Wildman–Crippen LogP) is 5.01. The Kier molecular flexibility index (Phi) is 21.5. The van der Waals surface area contributed by atoms with Crippen molar-refractivity contribution >= 4 is 35.2 Å². The fourth-order valence-corrected chi connectivity index (χ4v) is 6.37. The third-order valence-corrected chi connectivity index (χ3v) is 9.14. The highest BCUT2D eigenvalue weighted by Crippen LogP contribution is 2.31. The third-order valence-electron chi connectivity index (χ3n) is 8.21. The lowest BCUT2D eigenvalue weighted by Crippen LogP contribution is -2.44. The molecule has 14 nitrogen and oxygen atoms in total. The van der Waals surface area contributed by atoms with E-state index in [0.29, 0.717) is 50.6 Å². The van der Waals surface area contributed by atoms with Gasteiger partial charge in [0.1, 0.15) is 29.2 Å². The number of ether oxygens (including phenoxy) is 3. The zero-order chi connectivity index (χ0) is 38.3. The average molecular weight is 749 g/mol. The van der Waals surface area contributed by atoms with E-state index in [0.717, 1.165) is 31.2 Å². The van der Waals surface area contributed by atoms with E-state index < -0.39 is 30.1 Å². The minimum absolute atomic E-state index is 0.000574. The summed E-state index contributed by atoms with van der Waals surface area (Å²) in [6.45, 7) is 12.5. The standard InChI is InChI=1S/C37H60N6O8S/c1-6-9-10-34(46)43(18-7-2)31(26(4)5)24-32(50-19-8-3)36-40-30(25-52-36)35(47)39-28(23-27-11-14-29(44)15-12-27)13-16-33(45)41-42-37(48)51-22-21-49-20-17-38/h11-12,14-15,25-26,28,31-32,44H,6-10,13,16-24,38H2,1-5H3,(H,39,47)(H,41,45)(H,42,48). The molecule has 1 heterocycles. The average Bonchev–Trinajstić information content (AvgIpc) is 3.62. The molecule has 15 heteroatoms. The summed E-state index contributed by atoms with van der Waals surface area (Å²) in [5, 5.41) is 15.1. The first-order valence-electron chi connectivity index (χ1n) is 18.5. The number of hydrogen-bond acceptors (Lipinski definition) is 11. The van der Waals surface area contributed by atoms with Gasteiger partial charge in [-0.15, -0.1) is 11.3 Å². The molecule has 0 aliphatic carbocycles. The normalized spacial score (nSPS) is 12.9. The van der Waals surface area contributed by atoms with Crippen LogP contribution in [0.3, 0.4) is 0 Å². The van der Waals surface area contributed by atoms with E-state index >= 15 is 0 Å². The quantitative estimate of drug-likeness (QED) is 0.0681. The van der Waals surface area contributed by atoms with Crippen LogP contribution < -0.4 is 21.9 Å². The number of carbonyl (C=O) groups excluding carboxylic acids is 4. The highest BCUT2D eigenvalue weighted by molar-refractivity contribution is 7.09. The number of hydrazine groups is 1. The zero-order valence-electron chi connectivity index (χ0n) is 31.5. The van der Waals surface area contributed by atoms with Crippen LogP contribution in [0.1, 0.15) is 113 Å². The monoisotopic (exact) mass is 748 g/mol. The number of rotatable bonds is 25. The fourth-order valence-electron chi connectivity index (χ4n) is 5.51. The molecule has 0 aliphatic rings. The molecule has 0 radical (unpaired) electrons. The van der Waals surface area contributed by atoms with Gasteiger partial charge >= 0.3 is 6.09 Å². The van der Waals surface area contributed by atoms with Crippen LogP contribution in [-0.2, 0) is 30.2 Å². The van der Waals surface area contributed by atoms with Gasteiger partial charge in [0, 0.05) is 56.4 Å². The summed E-state index contributed by atoms with van der Waals surface area (Å²) in [6, 6.07) is 6.09. The van der Waals surface area contributed by atoms with E-state index in [4.69, 9.17) is 24.9 Å². The Labute approximate surface area is 312 Å². The number of thiazole rings is 1. The number of carbonyl (C=O) groups is 4. The molecule has 4 amide bonds. The summed E-state index contributed by atoms with van der Waals surface area (Å²) in [6.07, 6.45) is 3.92. The number of aromatic nitrogens is 1. The number of hydrogen-bond donors (Lipinski definition) is 5. The molecule has 2 aromatic rings. The SMILES string of the molecule is CCCCC(=O)N(CCC)C(CC(OCCC)c1nc(C(=O)NC(CCC(=O)NNC(=O)OCCOCCN)Cc2ccc(O)cc2)cs1)C(C)C. The number of unbranched alkanes of at least 4 members (excludes halogenated alkanes) is 1. The molecule has 0 spiro atoms. The molecule has 6 N–H and O–H groups in total. The Hall–Kier alpha value is -3.79. The fraction of sp³-hybridized carbons (Fsp3) is 0.649. The topological polar surface area (TPSA) is 194 Å². The number of phenols is 1. The first-order valence-corrected chi connectivity index (χ1v) is 19.3. The number of amides is 4. The van der Waals surface area contributed by atoms with Crippen molar-refractivity contribution in [3.63, 3.8) is 0 Å². The summed E-state index contributed by atoms with van der Waals surface area (Å²) < 4.78 is 16.4. The van der Waals surface area contributed by atoms with Crippen LogP contribution in [0.5, 0.6) is 5.75 Å². The van der Waals surface area contributed by atoms with E-state index in [-0.39, 0.29) is 55.4 Å². The van der Waals surface area contributed by atoms with E-state index in [1.807, 2.05) is 11.8 Å². The minimum atomic E-state index is -0.833. The maximum atomic E-state index is 13.6. The van der Waals surface area contributed by atoms with E-state index in [9.17, 15) is 24.3 Å². The van der Waals surface area contributed by atoms with E-state index in [1.165, 1.54) is 11.3 Å². The van der Waals surface area contributed by atoms with Crippen molar-refractivity contribution in [1.82, 2.24) is 26.1 Å². The van der Waals surface area contributed by atoms with Gasteiger partial charge in [0.2, 0.25) is 11.8 Å². The molecule has 2 rings (SSSR count). The zero-order valence-corrected chi connectivity index (χ0v) is 32.3. The molecule has 0 saturated heterocycles. The number of nitrogens with one attached hydrogen (secondary N) is 3. The van der Waals surface area contributed by atoms with Gasteiger partial charge in [-0.25, -0.2) is 15.2 Å². The predicted molar refractivity (Wildman–Crippen MR) is 201 cm³/mol.